The van der Waals surface area contributed by atoms with Crippen LogP contribution < -0.4 is 9.50 Å². The maximum atomic E-state index is 12.4. The van der Waals surface area contributed by atoms with Gasteiger partial charge in [0, 0.05) is 28.7 Å². The highest BCUT2D eigenvalue weighted by Crippen LogP contribution is 2.30. The molecular formula is C19H16N4O4S2. The number of pyridine rings is 1. The molecule has 3 aromatic heterocycles. The van der Waals surface area contributed by atoms with Crippen LogP contribution in [0.2, 0.25) is 0 Å². The second kappa shape index (κ2) is 7.64. The van der Waals surface area contributed by atoms with Crippen LogP contribution in [0.5, 0.6) is 5.75 Å². The molecule has 2 N–H and O–H groups in total. The molecule has 0 aliphatic heterocycles. The Labute approximate surface area is 170 Å². The first kappa shape index (κ1) is 19.1. The Hall–Kier alpha value is -3.24. The van der Waals surface area contributed by atoms with Crippen LogP contribution in [0, 0.1) is 0 Å². The molecule has 0 fully saturated rings. The van der Waals surface area contributed by atoms with Gasteiger partial charge in [0.05, 0.1) is 18.4 Å². The average molecular weight is 428 g/mol. The van der Waals surface area contributed by atoms with Gasteiger partial charge in [0.1, 0.15) is 11.4 Å². The van der Waals surface area contributed by atoms with Crippen molar-refractivity contribution in [1.29, 1.82) is 0 Å². The molecule has 1 aromatic carbocycles. The van der Waals surface area contributed by atoms with Crippen LogP contribution in [-0.2, 0) is 21.3 Å². The second-order valence-electron chi connectivity index (χ2n) is 6.30. The van der Waals surface area contributed by atoms with E-state index in [1.165, 1.54) is 23.5 Å². The van der Waals surface area contributed by atoms with Gasteiger partial charge in [-0.3, -0.25) is 4.79 Å². The number of rotatable bonds is 6. The molecule has 8 nitrogen and oxygen atoms in total. The van der Waals surface area contributed by atoms with Gasteiger partial charge in [0.15, 0.2) is 5.13 Å². The molecule has 4 aromatic rings. The van der Waals surface area contributed by atoms with Gasteiger partial charge in [-0.05, 0) is 29.8 Å². The van der Waals surface area contributed by atoms with E-state index >= 15 is 0 Å². The van der Waals surface area contributed by atoms with Crippen molar-refractivity contribution in [3.05, 3.63) is 59.7 Å². The zero-order valence-electron chi connectivity index (χ0n) is 15.2. The molecule has 0 unspecified atom stereocenters. The number of nitrogens with zero attached hydrogens (tertiary/aromatic N) is 2. The monoisotopic (exact) mass is 428 g/mol. The zero-order valence-corrected chi connectivity index (χ0v) is 16.9. The number of carbonyl (C=O) groups excluding carboxylic acids is 1. The van der Waals surface area contributed by atoms with Crippen LogP contribution in [-0.4, -0.2) is 35.5 Å². The quantitative estimate of drug-likeness (QED) is 0.456. The first-order valence-corrected chi connectivity index (χ1v) is 11.2. The summed E-state index contributed by atoms with van der Waals surface area (Å²) in [5.41, 5.74) is 3.06. The lowest BCUT2D eigenvalue weighted by Gasteiger charge is -2.06. The highest BCUT2D eigenvalue weighted by Gasteiger charge is 2.13. The number of carbonyl (C=O) groups is 1. The SMILES string of the molecule is CS(=O)(=O)Oc1cccc(CC(=O)Nc2nc(-c3c[nH]c4ncccc34)cs2)c1. The van der Waals surface area contributed by atoms with E-state index in [9.17, 15) is 13.2 Å². The van der Waals surface area contributed by atoms with E-state index in [4.69, 9.17) is 4.18 Å². The smallest absolute Gasteiger partial charge is 0.306 e. The van der Waals surface area contributed by atoms with E-state index in [1.54, 1.807) is 18.3 Å². The summed E-state index contributed by atoms with van der Waals surface area (Å²) < 4.78 is 27.3. The molecule has 10 heteroatoms. The fraction of sp³-hybridized carbons (Fsp3) is 0.105. The third kappa shape index (κ3) is 4.61. The number of benzene rings is 1. The first-order valence-electron chi connectivity index (χ1n) is 8.54. The van der Waals surface area contributed by atoms with Gasteiger partial charge < -0.3 is 14.5 Å². The number of hydrogen-bond donors (Lipinski definition) is 2. The van der Waals surface area contributed by atoms with Gasteiger partial charge in [-0.1, -0.05) is 12.1 Å². The molecule has 0 spiro atoms. The highest BCUT2D eigenvalue weighted by molar-refractivity contribution is 7.86. The van der Waals surface area contributed by atoms with Crippen LogP contribution in [0.25, 0.3) is 22.3 Å². The van der Waals surface area contributed by atoms with Gasteiger partial charge in [-0.25, -0.2) is 9.97 Å². The van der Waals surface area contributed by atoms with Crippen LogP contribution in [0.1, 0.15) is 5.56 Å². The maximum Gasteiger partial charge on any atom is 0.306 e. The number of H-pyrrole nitrogens is 1. The molecule has 0 aliphatic carbocycles. The lowest BCUT2D eigenvalue weighted by molar-refractivity contribution is -0.115. The number of aromatic amines is 1. The highest BCUT2D eigenvalue weighted by atomic mass is 32.2. The molecule has 3 heterocycles. The number of nitrogens with one attached hydrogen (secondary N) is 2. The average Bonchev–Trinajstić information content (AvgIpc) is 3.27. The van der Waals surface area contributed by atoms with Crippen LogP contribution >= 0.6 is 11.3 Å². The van der Waals surface area contributed by atoms with Crippen molar-refractivity contribution >= 4 is 43.5 Å². The fourth-order valence-corrected chi connectivity index (χ4v) is 4.03. The predicted octanol–water partition coefficient (Wildman–Crippen LogP) is 3.21. The van der Waals surface area contributed by atoms with E-state index in [0.717, 1.165) is 28.5 Å². The summed E-state index contributed by atoms with van der Waals surface area (Å²) in [5, 5.41) is 6.07. The van der Waals surface area contributed by atoms with Crippen molar-refractivity contribution in [1.82, 2.24) is 15.0 Å². The Morgan fingerprint density at radius 3 is 2.97 bits per heavy atom. The number of aromatic nitrogens is 3. The molecule has 0 saturated heterocycles. The van der Waals surface area contributed by atoms with E-state index < -0.39 is 10.1 Å². The lowest BCUT2D eigenvalue weighted by atomic mass is 10.1. The van der Waals surface area contributed by atoms with E-state index in [0.29, 0.717) is 10.7 Å². The molecule has 29 heavy (non-hydrogen) atoms. The van der Waals surface area contributed by atoms with Crippen molar-refractivity contribution in [2.45, 2.75) is 6.42 Å². The summed E-state index contributed by atoms with van der Waals surface area (Å²) in [6.45, 7) is 0. The van der Waals surface area contributed by atoms with Crippen LogP contribution in [0.15, 0.2) is 54.2 Å². The first-order chi connectivity index (χ1) is 13.9. The van der Waals surface area contributed by atoms with Crippen LogP contribution in [0.4, 0.5) is 5.13 Å². The summed E-state index contributed by atoms with van der Waals surface area (Å²) >= 11 is 1.32. The third-order valence-electron chi connectivity index (χ3n) is 3.99. The summed E-state index contributed by atoms with van der Waals surface area (Å²) in [6.07, 6.45) is 4.58. The zero-order chi connectivity index (χ0) is 20.4. The lowest BCUT2D eigenvalue weighted by Crippen LogP contribution is -2.14. The minimum atomic E-state index is -3.62. The fourth-order valence-electron chi connectivity index (χ4n) is 2.85. The Morgan fingerprint density at radius 1 is 1.28 bits per heavy atom. The molecule has 1 amide bonds. The summed E-state index contributed by atoms with van der Waals surface area (Å²) in [6, 6.07) is 10.2. The standard InChI is InChI=1S/C19H16N4O4S2/c1-29(25,26)27-13-5-2-4-12(8-13)9-17(24)23-19-22-16(11-28-19)15-10-21-18-14(15)6-3-7-20-18/h2-8,10-11H,9H2,1H3,(H,20,21)(H,22,23,24). The minimum absolute atomic E-state index is 0.0624. The number of amides is 1. The van der Waals surface area contributed by atoms with Crippen molar-refractivity contribution in [2.75, 3.05) is 11.6 Å². The van der Waals surface area contributed by atoms with Gasteiger partial charge >= 0.3 is 10.1 Å². The Kier molecular flexibility index (Phi) is 5.03. The van der Waals surface area contributed by atoms with Crippen molar-refractivity contribution < 1.29 is 17.4 Å². The topological polar surface area (TPSA) is 114 Å². The summed E-state index contributed by atoms with van der Waals surface area (Å²) in [4.78, 5) is 24.2. The minimum Gasteiger partial charge on any atom is -0.383 e. The van der Waals surface area contributed by atoms with Gasteiger partial charge in [-0.2, -0.15) is 8.42 Å². The van der Waals surface area contributed by atoms with Crippen molar-refractivity contribution in [3.8, 4) is 17.0 Å². The summed E-state index contributed by atoms with van der Waals surface area (Å²) in [5.74, 6) is -0.0923. The number of fused-ring (bicyclic) bond motifs is 1. The Balaban J connectivity index is 1.45. The number of hydrogen-bond acceptors (Lipinski definition) is 7. The van der Waals surface area contributed by atoms with E-state index in [2.05, 4.69) is 20.3 Å². The van der Waals surface area contributed by atoms with Crippen molar-refractivity contribution in [2.24, 2.45) is 0 Å². The molecule has 148 valence electrons. The molecule has 0 aliphatic rings. The van der Waals surface area contributed by atoms with E-state index in [1.807, 2.05) is 23.7 Å². The predicted molar refractivity (Wildman–Crippen MR) is 111 cm³/mol. The molecule has 4 rings (SSSR count). The number of thiazole rings is 1. The maximum absolute atomic E-state index is 12.4. The molecule has 0 bridgehead atoms. The molecule has 0 radical (unpaired) electrons. The second-order valence-corrected chi connectivity index (χ2v) is 8.73. The van der Waals surface area contributed by atoms with Gasteiger partial charge in [0.25, 0.3) is 0 Å². The third-order valence-corrected chi connectivity index (χ3v) is 5.24. The Bertz CT molecular complexity index is 1290. The van der Waals surface area contributed by atoms with E-state index in [-0.39, 0.29) is 18.1 Å². The molecule has 0 atom stereocenters. The van der Waals surface area contributed by atoms with Gasteiger partial charge in [-0.15, -0.1) is 11.3 Å². The summed E-state index contributed by atoms with van der Waals surface area (Å²) in [7, 11) is -3.62. The Morgan fingerprint density at radius 2 is 2.14 bits per heavy atom. The number of anilines is 1. The largest absolute Gasteiger partial charge is 0.383 e. The van der Waals surface area contributed by atoms with Crippen LogP contribution in [0.3, 0.4) is 0 Å². The van der Waals surface area contributed by atoms with Gasteiger partial charge in [0.2, 0.25) is 5.91 Å². The molecular weight excluding hydrogens is 412 g/mol. The normalized spacial score (nSPS) is 11.5. The molecule has 0 saturated carbocycles. The van der Waals surface area contributed by atoms with Crippen molar-refractivity contribution in [3.63, 3.8) is 0 Å².